The van der Waals surface area contributed by atoms with E-state index < -0.39 is 35.1 Å². The van der Waals surface area contributed by atoms with E-state index in [4.69, 9.17) is 21.2 Å². The number of hydrogen-bond acceptors (Lipinski definition) is 5. The van der Waals surface area contributed by atoms with E-state index in [1.807, 2.05) is 38.1 Å². The van der Waals surface area contributed by atoms with E-state index >= 15 is 0 Å². The van der Waals surface area contributed by atoms with Crippen molar-refractivity contribution in [1.29, 1.82) is 0 Å². The van der Waals surface area contributed by atoms with Crippen molar-refractivity contribution < 1.29 is 24.0 Å². The second kappa shape index (κ2) is 11.7. The summed E-state index contributed by atoms with van der Waals surface area (Å²) < 4.78 is 5.27. The summed E-state index contributed by atoms with van der Waals surface area (Å²) in [4.78, 5) is 41.4. The van der Waals surface area contributed by atoms with Gasteiger partial charge in [0.1, 0.15) is 17.2 Å². The molecule has 0 aliphatic rings. The van der Waals surface area contributed by atoms with Crippen LogP contribution in [0.2, 0.25) is 0 Å². The van der Waals surface area contributed by atoms with Crippen LogP contribution in [0.5, 0.6) is 0 Å². The number of halogens is 1. The molecule has 0 radical (unpaired) electrons. The summed E-state index contributed by atoms with van der Waals surface area (Å²) >= 11 is 6.20. The predicted octanol–water partition coefficient (Wildman–Crippen LogP) is 2.88. The molecule has 0 bridgehead atoms. The molecule has 0 spiro atoms. The molecule has 10 heteroatoms. The first-order valence-corrected chi connectivity index (χ1v) is 11.5. The van der Waals surface area contributed by atoms with Crippen LogP contribution in [0.1, 0.15) is 31.6 Å². The number of carbonyl (C=O) groups is 3. The number of fused-ring (bicyclic) bond motifs is 1. The number of amides is 3. The molecule has 1 aromatic carbocycles. The fourth-order valence-corrected chi connectivity index (χ4v) is 4.10. The Balaban J connectivity index is 1.82. The van der Waals surface area contributed by atoms with Crippen molar-refractivity contribution in [1.82, 2.24) is 21.1 Å². The lowest BCUT2D eigenvalue weighted by atomic mass is 9.92. The summed E-state index contributed by atoms with van der Waals surface area (Å²) in [6.07, 6.45) is 3.82. The zero-order chi connectivity index (χ0) is 24.7. The standard InChI is InChI=1S/C24H29ClN4O5/c1-14(2)10-18(21(25)24(32)29-33)22(30)28-20(23(31)27-13-16-6-5-9-34-16)11-15-12-26-19-8-4-3-7-17(15)19/h3-9,12,14,18,20-21,26,33H,10-11,13H2,1-2H3,(H,27,31)(H,28,30)(H,29,32)/t18-,20+,21-/m1/s1. The van der Waals surface area contributed by atoms with Crippen LogP contribution in [0.4, 0.5) is 0 Å². The van der Waals surface area contributed by atoms with Gasteiger partial charge in [-0.1, -0.05) is 32.0 Å². The van der Waals surface area contributed by atoms with Gasteiger partial charge in [-0.25, -0.2) is 5.48 Å². The van der Waals surface area contributed by atoms with Gasteiger partial charge < -0.3 is 20.0 Å². The molecule has 0 aliphatic heterocycles. The van der Waals surface area contributed by atoms with Gasteiger partial charge in [0.15, 0.2) is 0 Å². The number of furan rings is 1. The topological polar surface area (TPSA) is 136 Å². The van der Waals surface area contributed by atoms with E-state index in [2.05, 4.69) is 15.6 Å². The molecule has 3 aromatic rings. The largest absolute Gasteiger partial charge is 0.467 e. The van der Waals surface area contributed by atoms with E-state index in [0.29, 0.717) is 12.2 Å². The third-order valence-corrected chi connectivity index (χ3v) is 6.03. The number of benzene rings is 1. The maximum absolute atomic E-state index is 13.2. The van der Waals surface area contributed by atoms with Gasteiger partial charge in [0, 0.05) is 23.5 Å². The number of rotatable bonds is 11. The van der Waals surface area contributed by atoms with Crippen LogP contribution in [-0.4, -0.2) is 39.3 Å². The van der Waals surface area contributed by atoms with Crippen molar-refractivity contribution in [3.63, 3.8) is 0 Å². The number of alkyl halides is 1. The number of nitrogens with one attached hydrogen (secondary N) is 4. The lowest BCUT2D eigenvalue weighted by Crippen LogP contribution is -2.52. The number of hydroxylamine groups is 1. The van der Waals surface area contributed by atoms with Crippen molar-refractivity contribution in [2.45, 2.75) is 44.7 Å². The fraction of sp³-hybridized carbons (Fsp3) is 0.375. The molecule has 3 rings (SSSR count). The fourth-order valence-electron chi connectivity index (χ4n) is 3.83. The first-order valence-electron chi connectivity index (χ1n) is 11.0. The molecule has 34 heavy (non-hydrogen) atoms. The van der Waals surface area contributed by atoms with E-state index in [0.717, 1.165) is 16.5 Å². The summed E-state index contributed by atoms with van der Waals surface area (Å²) in [5, 5.41) is 14.2. The Bertz CT molecular complexity index is 1110. The average Bonchev–Trinajstić information content (AvgIpc) is 3.49. The van der Waals surface area contributed by atoms with Gasteiger partial charge in [-0.05, 0) is 36.1 Å². The summed E-state index contributed by atoms with van der Waals surface area (Å²) in [5.74, 6) is -2.16. The van der Waals surface area contributed by atoms with Crippen LogP contribution in [0.15, 0.2) is 53.3 Å². The van der Waals surface area contributed by atoms with Gasteiger partial charge in [-0.15, -0.1) is 11.6 Å². The molecule has 0 saturated carbocycles. The molecule has 3 amide bonds. The summed E-state index contributed by atoms with van der Waals surface area (Å²) in [7, 11) is 0. The minimum atomic E-state index is -1.30. The monoisotopic (exact) mass is 488 g/mol. The Morgan fingerprint density at radius 3 is 2.53 bits per heavy atom. The molecular weight excluding hydrogens is 460 g/mol. The summed E-state index contributed by atoms with van der Waals surface area (Å²) in [5.41, 5.74) is 3.26. The van der Waals surface area contributed by atoms with Gasteiger partial charge in [0.25, 0.3) is 5.91 Å². The van der Waals surface area contributed by atoms with Gasteiger partial charge in [0.05, 0.1) is 18.7 Å². The van der Waals surface area contributed by atoms with Crippen LogP contribution in [0.25, 0.3) is 10.9 Å². The van der Waals surface area contributed by atoms with Crippen LogP contribution >= 0.6 is 11.6 Å². The van der Waals surface area contributed by atoms with E-state index in [-0.39, 0.29) is 18.9 Å². The molecule has 0 aliphatic carbocycles. The van der Waals surface area contributed by atoms with Gasteiger partial charge in [-0.3, -0.25) is 19.6 Å². The Kier molecular flexibility index (Phi) is 8.72. The summed E-state index contributed by atoms with van der Waals surface area (Å²) in [6, 6.07) is 10.2. The molecule has 5 N–H and O–H groups in total. The molecule has 0 saturated heterocycles. The Hall–Kier alpha value is -3.30. The molecule has 3 atom stereocenters. The molecule has 182 valence electrons. The third-order valence-electron chi connectivity index (χ3n) is 5.52. The highest BCUT2D eigenvalue weighted by Crippen LogP contribution is 2.23. The zero-order valence-corrected chi connectivity index (χ0v) is 19.8. The quantitative estimate of drug-likeness (QED) is 0.160. The van der Waals surface area contributed by atoms with Gasteiger partial charge >= 0.3 is 0 Å². The highest BCUT2D eigenvalue weighted by Gasteiger charge is 2.35. The number of carbonyl (C=O) groups excluding carboxylic acids is 3. The van der Waals surface area contributed by atoms with Crippen molar-refractivity contribution in [2.75, 3.05) is 0 Å². The first kappa shape index (κ1) is 25.3. The van der Waals surface area contributed by atoms with E-state index in [1.165, 1.54) is 11.7 Å². The predicted molar refractivity (Wildman–Crippen MR) is 127 cm³/mol. The zero-order valence-electron chi connectivity index (χ0n) is 19.0. The van der Waals surface area contributed by atoms with Crippen LogP contribution < -0.4 is 16.1 Å². The Morgan fingerprint density at radius 2 is 1.85 bits per heavy atom. The Labute approximate surface area is 202 Å². The van der Waals surface area contributed by atoms with Crippen LogP contribution in [0.3, 0.4) is 0 Å². The minimum Gasteiger partial charge on any atom is -0.467 e. The second-order valence-electron chi connectivity index (χ2n) is 8.54. The number of aromatic nitrogens is 1. The molecule has 0 fully saturated rings. The van der Waals surface area contributed by atoms with Gasteiger partial charge in [0.2, 0.25) is 11.8 Å². The molecule has 9 nitrogen and oxygen atoms in total. The molecular formula is C24H29ClN4O5. The Morgan fingerprint density at radius 1 is 1.09 bits per heavy atom. The smallest absolute Gasteiger partial charge is 0.262 e. The van der Waals surface area contributed by atoms with E-state index in [1.54, 1.807) is 18.3 Å². The maximum atomic E-state index is 13.2. The molecule has 2 aromatic heterocycles. The SMILES string of the molecule is CC(C)C[C@@H](C(=O)N[C@@H](Cc1c[nH]c2ccccc12)C(=O)NCc1ccco1)[C@@H](Cl)C(=O)NO. The number of hydrogen-bond donors (Lipinski definition) is 5. The van der Waals surface area contributed by atoms with Crippen molar-refractivity contribution in [3.05, 3.63) is 60.2 Å². The highest BCUT2D eigenvalue weighted by molar-refractivity contribution is 6.32. The second-order valence-corrected chi connectivity index (χ2v) is 9.01. The highest BCUT2D eigenvalue weighted by atomic mass is 35.5. The minimum absolute atomic E-state index is 0.0448. The number of aromatic amines is 1. The number of H-pyrrole nitrogens is 1. The molecule has 2 heterocycles. The van der Waals surface area contributed by atoms with Crippen LogP contribution in [-0.2, 0) is 27.3 Å². The lowest BCUT2D eigenvalue weighted by molar-refractivity contribution is -0.136. The lowest BCUT2D eigenvalue weighted by Gasteiger charge is -2.25. The number of para-hydroxylation sites is 1. The van der Waals surface area contributed by atoms with Gasteiger partial charge in [-0.2, -0.15) is 0 Å². The third kappa shape index (κ3) is 6.39. The van der Waals surface area contributed by atoms with Crippen molar-refractivity contribution >= 4 is 40.2 Å². The van der Waals surface area contributed by atoms with Crippen LogP contribution in [0, 0.1) is 11.8 Å². The first-order chi connectivity index (χ1) is 16.3. The molecule has 0 unspecified atom stereocenters. The normalized spacial score (nSPS) is 13.9. The van der Waals surface area contributed by atoms with E-state index in [9.17, 15) is 14.4 Å². The summed E-state index contributed by atoms with van der Waals surface area (Å²) in [6.45, 7) is 3.94. The maximum Gasteiger partial charge on any atom is 0.262 e. The van der Waals surface area contributed by atoms with Crippen molar-refractivity contribution in [2.24, 2.45) is 11.8 Å². The van der Waals surface area contributed by atoms with Crippen molar-refractivity contribution in [3.8, 4) is 0 Å². The average molecular weight is 489 g/mol.